The number of amides is 4. The predicted octanol–water partition coefficient (Wildman–Crippen LogP) is -3.68. The van der Waals surface area contributed by atoms with Crippen LogP contribution in [0, 0.1) is 0 Å². The van der Waals surface area contributed by atoms with Crippen molar-refractivity contribution in [2.75, 3.05) is 13.1 Å². The largest absolute Gasteiger partial charge is 0.480 e. The van der Waals surface area contributed by atoms with Gasteiger partial charge in [0.1, 0.15) is 18.1 Å². The minimum absolute atomic E-state index is 0.119. The van der Waals surface area contributed by atoms with Crippen molar-refractivity contribution in [1.29, 1.82) is 0 Å². The quantitative estimate of drug-likeness (QED) is 0.0503. The number of nitrogens with two attached hydrogens (primary N) is 5. The van der Waals surface area contributed by atoms with Gasteiger partial charge in [0.2, 0.25) is 23.6 Å². The Hall–Kier alpha value is -3.46. The standard InChI is InChI=1S/C20H39N9O6/c1-11(16(31)29-14(19(34)35)7-8-15(23)30)27-18(33)13(6-4-10-26-20(24)25)28-17(32)12(22)5-2-3-9-21/h11-14H,2-10,21-22H2,1H3,(H2,23,30)(H,27,33)(H,28,32)(H,29,31)(H,34,35)(H4,24,25,26). The summed E-state index contributed by atoms with van der Waals surface area (Å²) in [7, 11) is 0. The zero-order valence-electron chi connectivity index (χ0n) is 20.0. The third-order valence-corrected chi connectivity index (χ3v) is 4.93. The second-order valence-electron chi connectivity index (χ2n) is 8.04. The fourth-order valence-electron chi connectivity index (χ4n) is 2.91. The number of aliphatic carboxylic acids is 1. The van der Waals surface area contributed by atoms with Gasteiger partial charge in [-0.25, -0.2) is 4.79 Å². The predicted molar refractivity (Wildman–Crippen MR) is 128 cm³/mol. The summed E-state index contributed by atoms with van der Waals surface area (Å²) < 4.78 is 0. The highest BCUT2D eigenvalue weighted by atomic mass is 16.4. The number of rotatable bonds is 18. The molecule has 200 valence electrons. The smallest absolute Gasteiger partial charge is 0.326 e. The fraction of sp³-hybridized carbons (Fsp3) is 0.700. The Morgan fingerprint density at radius 2 is 1.46 bits per heavy atom. The number of unbranched alkanes of at least 4 members (excludes halogenated alkanes) is 1. The Morgan fingerprint density at radius 1 is 0.829 bits per heavy atom. The Labute approximate surface area is 204 Å². The number of guanidine groups is 1. The summed E-state index contributed by atoms with van der Waals surface area (Å²) >= 11 is 0. The summed E-state index contributed by atoms with van der Waals surface area (Å²) in [6, 6.07) is -4.40. The third-order valence-electron chi connectivity index (χ3n) is 4.93. The van der Waals surface area contributed by atoms with Crippen LogP contribution in [0.4, 0.5) is 0 Å². The summed E-state index contributed by atoms with van der Waals surface area (Å²) in [5, 5.41) is 16.5. The first-order valence-corrected chi connectivity index (χ1v) is 11.3. The first-order valence-electron chi connectivity index (χ1n) is 11.3. The van der Waals surface area contributed by atoms with E-state index < -0.39 is 53.8 Å². The highest BCUT2D eigenvalue weighted by Crippen LogP contribution is 2.04. The summed E-state index contributed by atoms with van der Waals surface area (Å²) in [6.45, 7) is 2.02. The maximum Gasteiger partial charge on any atom is 0.326 e. The van der Waals surface area contributed by atoms with E-state index >= 15 is 0 Å². The van der Waals surface area contributed by atoms with Crippen LogP contribution in [-0.4, -0.2) is 77.9 Å². The van der Waals surface area contributed by atoms with Crippen LogP contribution in [0.5, 0.6) is 0 Å². The molecule has 15 nitrogen and oxygen atoms in total. The average molecular weight is 502 g/mol. The van der Waals surface area contributed by atoms with Gasteiger partial charge in [-0.3, -0.25) is 24.2 Å². The topological polar surface area (TPSA) is 284 Å². The van der Waals surface area contributed by atoms with E-state index in [1.165, 1.54) is 6.92 Å². The molecule has 0 radical (unpaired) electrons. The molecule has 0 fully saturated rings. The Bertz CT molecular complexity index is 757. The molecule has 0 spiro atoms. The number of nitrogens with one attached hydrogen (secondary N) is 3. The zero-order valence-corrected chi connectivity index (χ0v) is 20.0. The summed E-state index contributed by atoms with van der Waals surface area (Å²) in [4.78, 5) is 63.7. The van der Waals surface area contributed by atoms with E-state index in [-0.39, 0.29) is 31.8 Å². The average Bonchev–Trinajstić information content (AvgIpc) is 2.77. The van der Waals surface area contributed by atoms with Gasteiger partial charge in [0.25, 0.3) is 0 Å². The summed E-state index contributed by atoms with van der Waals surface area (Å²) in [6.07, 6.45) is 1.76. The Balaban J connectivity index is 5.16. The van der Waals surface area contributed by atoms with Crippen molar-refractivity contribution in [3.63, 3.8) is 0 Å². The molecule has 0 rings (SSSR count). The normalized spacial score (nSPS) is 14.0. The van der Waals surface area contributed by atoms with Crippen LogP contribution in [0.2, 0.25) is 0 Å². The Morgan fingerprint density at radius 3 is 2.00 bits per heavy atom. The van der Waals surface area contributed by atoms with Crippen LogP contribution in [-0.2, 0) is 24.0 Å². The highest BCUT2D eigenvalue weighted by Gasteiger charge is 2.28. The fourth-order valence-corrected chi connectivity index (χ4v) is 2.91. The molecular weight excluding hydrogens is 462 g/mol. The minimum Gasteiger partial charge on any atom is -0.480 e. The van der Waals surface area contributed by atoms with E-state index in [2.05, 4.69) is 20.9 Å². The number of carboxylic acid groups (broad SMARTS) is 1. The monoisotopic (exact) mass is 501 g/mol. The van der Waals surface area contributed by atoms with Crippen molar-refractivity contribution >= 4 is 35.6 Å². The molecule has 0 aromatic heterocycles. The van der Waals surface area contributed by atoms with Crippen LogP contribution in [0.25, 0.3) is 0 Å². The van der Waals surface area contributed by atoms with Gasteiger partial charge in [0.05, 0.1) is 6.04 Å². The van der Waals surface area contributed by atoms with E-state index in [0.717, 1.165) is 0 Å². The molecule has 15 heteroatoms. The SMILES string of the molecule is CC(NC(=O)C(CCCN=C(N)N)NC(=O)C(N)CCCCN)C(=O)NC(CCC(N)=O)C(=O)O. The lowest BCUT2D eigenvalue weighted by molar-refractivity contribution is -0.142. The van der Waals surface area contributed by atoms with Crippen LogP contribution in [0.1, 0.15) is 51.9 Å². The van der Waals surface area contributed by atoms with E-state index in [1.54, 1.807) is 0 Å². The molecule has 0 heterocycles. The van der Waals surface area contributed by atoms with Crippen LogP contribution >= 0.6 is 0 Å². The number of carbonyl (C=O) groups excluding carboxylic acids is 4. The number of carboxylic acids is 1. The van der Waals surface area contributed by atoms with Crippen molar-refractivity contribution in [1.82, 2.24) is 16.0 Å². The third kappa shape index (κ3) is 14.4. The highest BCUT2D eigenvalue weighted by molar-refractivity contribution is 5.94. The van der Waals surface area contributed by atoms with Crippen LogP contribution in [0.15, 0.2) is 4.99 Å². The number of carbonyl (C=O) groups is 5. The first kappa shape index (κ1) is 31.5. The van der Waals surface area contributed by atoms with Crippen molar-refractivity contribution in [3.05, 3.63) is 0 Å². The maximum atomic E-state index is 12.8. The molecule has 0 aliphatic carbocycles. The summed E-state index contributed by atoms with van der Waals surface area (Å²) in [5.74, 6) is -4.20. The molecule has 0 aromatic carbocycles. The lowest BCUT2D eigenvalue weighted by Crippen LogP contribution is -2.56. The van der Waals surface area contributed by atoms with Gasteiger partial charge in [-0.2, -0.15) is 0 Å². The molecule has 4 unspecified atom stereocenters. The van der Waals surface area contributed by atoms with Gasteiger partial charge in [-0.1, -0.05) is 6.42 Å². The molecule has 0 bridgehead atoms. The maximum absolute atomic E-state index is 12.8. The molecule has 0 aromatic rings. The van der Waals surface area contributed by atoms with Gasteiger partial charge in [-0.15, -0.1) is 0 Å². The van der Waals surface area contributed by atoms with E-state index in [1.807, 2.05) is 0 Å². The molecule has 14 N–H and O–H groups in total. The zero-order chi connectivity index (χ0) is 27.0. The van der Waals surface area contributed by atoms with Crippen LogP contribution < -0.4 is 44.6 Å². The molecule has 0 saturated heterocycles. The van der Waals surface area contributed by atoms with Crippen molar-refractivity contribution in [3.8, 4) is 0 Å². The van der Waals surface area contributed by atoms with E-state index in [4.69, 9.17) is 28.7 Å². The molecule has 4 amide bonds. The molecule has 4 atom stereocenters. The van der Waals surface area contributed by atoms with E-state index in [0.29, 0.717) is 32.2 Å². The number of aliphatic imine (C=N–C) groups is 1. The summed E-state index contributed by atoms with van der Waals surface area (Å²) in [5.41, 5.74) is 26.9. The van der Waals surface area contributed by atoms with Crippen molar-refractivity contribution in [2.24, 2.45) is 33.7 Å². The first-order chi connectivity index (χ1) is 16.4. The number of hydrogen-bond acceptors (Lipinski definition) is 8. The molecular formula is C20H39N9O6. The lowest BCUT2D eigenvalue weighted by Gasteiger charge is -2.23. The van der Waals surface area contributed by atoms with Gasteiger partial charge in [-0.05, 0) is 45.6 Å². The van der Waals surface area contributed by atoms with E-state index in [9.17, 15) is 29.1 Å². The number of hydrogen-bond donors (Lipinski definition) is 9. The van der Waals surface area contributed by atoms with Gasteiger partial charge < -0.3 is 49.7 Å². The number of nitrogens with zero attached hydrogens (tertiary/aromatic N) is 1. The van der Waals surface area contributed by atoms with Gasteiger partial charge in [0, 0.05) is 13.0 Å². The van der Waals surface area contributed by atoms with Crippen LogP contribution in [0.3, 0.4) is 0 Å². The Kier molecular flexibility index (Phi) is 15.4. The molecule has 35 heavy (non-hydrogen) atoms. The minimum atomic E-state index is -1.36. The van der Waals surface area contributed by atoms with Gasteiger partial charge >= 0.3 is 5.97 Å². The second kappa shape index (κ2) is 17.0. The van der Waals surface area contributed by atoms with Gasteiger partial charge in [0.15, 0.2) is 5.96 Å². The lowest BCUT2D eigenvalue weighted by atomic mass is 10.1. The number of primary amides is 1. The molecule has 0 saturated carbocycles. The molecule has 0 aliphatic rings. The molecule has 0 aliphatic heterocycles. The van der Waals surface area contributed by atoms with Crippen molar-refractivity contribution < 1.29 is 29.1 Å². The second-order valence-corrected chi connectivity index (χ2v) is 8.04. The van der Waals surface area contributed by atoms with Crippen molar-refractivity contribution in [2.45, 2.75) is 76.0 Å².